The van der Waals surface area contributed by atoms with Crippen molar-refractivity contribution in [2.45, 2.75) is 58.9 Å². The number of aromatic carboxylic acids is 1. The number of carboxylic acid groups (broad SMARTS) is 1. The Labute approximate surface area is 181 Å². The average Bonchev–Trinajstić information content (AvgIpc) is 3.47. The maximum Gasteiger partial charge on any atom is 0.341 e. The largest absolute Gasteiger partial charge is 0.477 e. The van der Waals surface area contributed by atoms with E-state index in [4.69, 9.17) is 0 Å². The molecule has 2 heterocycles. The summed E-state index contributed by atoms with van der Waals surface area (Å²) < 4.78 is 2.01. The molecule has 0 radical (unpaired) electrons. The highest BCUT2D eigenvalue weighted by atomic mass is 16.4. The van der Waals surface area contributed by atoms with Gasteiger partial charge < -0.3 is 9.67 Å². The number of carbonyl (C=O) groups is 2. The molecule has 0 bridgehead atoms. The predicted octanol–water partition coefficient (Wildman–Crippen LogP) is 4.53. The molecule has 160 valence electrons. The van der Waals surface area contributed by atoms with Crippen molar-refractivity contribution in [3.05, 3.63) is 68.6 Å². The highest BCUT2D eigenvalue weighted by molar-refractivity contribution is 5.98. The molecule has 0 saturated heterocycles. The number of benzene rings is 1. The van der Waals surface area contributed by atoms with Gasteiger partial charge in [0.1, 0.15) is 11.3 Å². The van der Waals surface area contributed by atoms with Crippen LogP contribution in [0.4, 0.5) is 0 Å². The normalized spacial score (nSPS) is 19.6. The van der Waals surface area contributed by atoms with E-state index in [1.165, 1.54) is 29.0 Å². The SMILES string of the molecule is CC(C)(C)[C@@H]1CC2=C(Cc3cc(CC(=O)C4CC4)ccc32)c2cc(=O)c(C(=O)O)cn21. The minimum Gasteiger partial charge on any atom is -0.477 e. The molecule has 1 N–H and O–H groups in total. The van der Waals surface area contributed by atoms with Gasteiger partial charge in [0.25, 0.3) is 0 Å². The first-order valence-corrected chi connectivity index (χ1v) is 11.0. The quantitative estimate of drug-likeness (QED) is 0.793. The summed E-state index contributed by atoms with van der Waals surface area (Å²) in [6.07, 6.45) is 5.57. The fourth-order valence-electron chi connectivity index (χ4n) is 5.11. The molecule has 2 aromatic rings. The number of rotatable bonds is 4. The predicted molar refractivity (Wildman–Crippen MR) is 119 cm³/mol. The number of aromatic nitrogens is 1. The fourth-order valence-corrected chi connectivity index (χ4v) is 5.11. The third-order valence-corrected chi connectivity index (χ3v) is 6.99. The lowest BCUT2D eigenvalue weighted by Gasteiger charge is -2.39. The van der Waals surface area contributed by atoms with Gasteiger partial charge in [-0.15, -0.1) is 0 Å². The Kier molecular flexibility index (Phi) is 4.37. The molecule has 1 aromatic heterocycles. The van der Waals surface area contributed by atoms with Gasteiger partial charge >= 0.3 is 5.97 Å². The molecule has 0 unspecified atom stereocenters. The topological polar surface area (TPSA) is 76.4 Å². The van der Waals surface area contributed by atoms with Gasteiger partial charge in [0.05, 0.1) is 0 Å². The van der Waals surface area contributed by atoms with Gasteiger partial charge in [-0.2, -0.15) is 0 Å². The van der Waals surface area contributed by atoms with Crippen molar-refractivity contribution in [1.29, 1.82) is 0 Å². The van der Waals surface area contributed by atoms with Gasteiger partial charge in [-0.3, -0.25) is 9.59 Å². The van der Waals surface area contributed by atoms with Crippen molar-refractivity contribution in [3.63, 3.8) is 0 Å². The van der Waals surface area contributed by atoms with E-state index in [-0.39, 0.29) is 22.9 Å². The maximum absolute atomic E-state index is 12.5. The zero-order valence-corrected chi connectivity index (χ0v) is 18.2. The molecule has 1 saturated carbocycles. The summed E-state index contributed by atoms with van der Waals surface area (Å²) in [5, 5.41) is 9.48. The molecule has 5 rings (SSSR count). The second-order valence-electron chi connectivity index (χ2n) is 10.3. The number of fused-ring (bicyclic) bond motifs is 4. The van der Waals surface area contributed by atoms with Crippen LogP contribution in [0, 0.1) is 11.3 Å². The first-order chi connectivity index (χ1) is 14.6. The number of carbonyl (C=O) groups excluding carboxylic acids is 1. The lowest BCUT2D eigenvalue weighted by atomic mass is 9.78. The molecule has 2 aliphatic carbocycles. The summed E-state index contributed by atoms with van der Waals surface area (Å²) in [4.78, 5) is 36.4. The van der Waals surface area contributed by atoms with Crippen LogP contribution in [0.5, 0.6) is 0 Å². The van der Waals surface area contributed by atoms with E-state index in [0.29, 0.717) is 18.6 Å². The number of pyridine rings is 1. The molecule has 5 nitrogen and oxygen atoms in total. The standard InChI is InChI=1S/C26H27NO4/c1-26(2,3)24-11-18-17-7-4-14(9-22(28)15-5-6-15)8-16(17)10-19(18)21-12-23(29)20(25(30)31)13-27(21)24/h4,7-8,12-13,15,24H,5-6,9-11H2,1-3H3,(H,30,31)/t24-/m0/s1. The summed E-state index contributed by atoms with van der Waals surface area (Å²) >= 11 is 0. The van der Waals surface area contributed by atoms with Crippen LogP contribution in [0.15, 0.2) is 35.3 Å². The fraction of sp³-hybridized carbons (Fsp3) is 0.423. The monoisotopic (exact) mass is 417 g/mol. The summed E-state index contributed by atoms with van der Waals surface area (Å²) in [5.74, 6) is -0.594. The Morgan fingerprint density at radius 3 is 2.52 bits per heavy atom. The summed E-state index contributed by atoms with van der Waals surface area (Å²) in [5.41, 5.74) is 5.88. The zero-order chi connectivity index (χ0) is 22.1. The highest BCUT2D eigenvalue weighted by Crippen LogP contribution is 2.50. The van der Waals surface area contributed by atoms with E-state index in [9.17, 15) is 19.5 Å². The van der Waals surface area contributed by atoms with Crippen molar-refractivity contribution < 1.29 is 14.7 Å². The second kappa shape index (κ2) is 6.78. The number of ketones is 1. The average molecular weight is 418 g/mol. The Balaban J connectivity index is 1.58. The number of allylic oxidation sites excluding steroid dienone is 2. The van der Waals surface area contributed by atoms with Crippen molar-refractivity contribution in [3.8, 4) is 0 Å². The van der Waals surface area contributed by atoms with E-state index in [1.807, 2.05) is 4.57 Å². The lowest BCUT2D eigenvalue weighted by molar-refractivity contribution is -0.119. The Morgan fingerprint density at radius 2 is 1.87 bits per heavy atom. The molecule has 1 aromatic carbocycles. The van der Waals surface area contributed by atoms with E-state index < -0.39 is 11.4 Å². The minimum absolute atomic E-state index is 0.0435. The molecule has 1 fully saturated rings. The van der Waals surface area contributed by atoms with E-state index in [1.54, 1.807) is 0 Å². The van der Waals surface area contributed by atoms with Crippen LogP contribution >= 0.6 is 0 Å². The van der Waals surface area contributed by atoms with Gasteiger partial charge in [0.2, 0.25) is 0 Å². The Morgan fingerprint density at radius 1 is 1.13 bits per heavy atom. The lowest BCUT2D eigenvalue weighted by Crippen LogP contribution is -2.32. The number of hydrogen-bond donors (Lipinski definition) is 1. The molecule has 1 aliphatic heterocycles. The molecule has 0 spiro atoms. The molecule has 31 heavy (non-hydrogen) atoms. The van der Waals surface area contributed by atoms with Crippen LogP contribution in [0.1, 0.15) is 78.8 Å². The van der Waals surface area contributed by atoms with Gasteiger partial charge in [-0.05, 0) is 52.5 Å². The molecule has 5 heteroatoms. The van der Waals surface area contributed by atoms with Gasteiger partial charge in [-0.1, -0.05) is 39.0 Å². The van der Waals surface area contributed by atoms with Crippen molar-refractivity contribution in [2.75, 3.05) is 0 Å². The first kappa shape index (κ1) is 20.0. The van der Waals surface area contributed by atoms with E-state index in [2.05, 4.69) is 39.0 Å². The number of hydrogen-bond acceptors (Lipinski definition) is 3. The third kappa shape index (κ3) is 3.36. The molecular weight excluding hydrogens is 390 g/mol. The van der Waals surface area contributed by atoms with E-state index >= 15 is 0 Å². The zero-order valence-electron chi connectivity index (χ0n) is 18.2. The van der Waals surface area contributed by atoms with E-state index in [0.717, 1.165) is 36.1 Å². The van der Waals surface area contributed by atoms with Gasteiger partial charge in [0.15, 0.2) is 5.43 Å². The van der Waals surface area contributed by atoms with Crippen LogP contribution in [0.3, 0.4) is 0 Å². The van der Waals surface area contributed by atoms with Crippen LogP contribution in [0.2, 0.25) is 0 Å². The number of carboxylic acids is 1. The Bertz CT molecular complexity index is 1220. The van der Waals surface area contributed by atoms with Crippen LogP contribution in [-0.2, 0) is 17.6 Å². The Hall–Kier alpha value is -2.95. The third-order valence-electron chi connectivity index (χ3n) is 6.99. The highest BCUT2D eigenvalue weighted by Gasteiger charge is 2.38. The van der Waals surface area contributed by atoms with Crippen molar-refractivity contribution >= 4 is 22.9 Å². The van der Waals surface area contributed by atoms with Crippen molar-refractivity contribution in [2.24, 2.45) is 11.3 Å². The molecule has 0 amide bonds. The van der Waals surface area contributed by atoms with Crippen LogP contribution < -0.4 is 5.43 Å². The first-order valence-electron chi connectivity index (χ1n) is 11.0. The molecular formula is C26H27NO4. The van der Waals surface area contributed by atoms with Gasteiger partial charge in [-0.25, -0.2) is 4.79 Å². The maximum atomic E-state index is 12.5. The summed E-state index contributed by atoms with van der Waals surface area (Å²) in [6.45, 7) is 6.44. The number of Topliss-reactive ketones (excluding diaryl/α,β-unsaturated/α-hetero) is 1. The molecule has 3 aliphatic rings. The number of nitrogens with zero attached hydrogens (tertiary/aromatic N) is 1. The minimum atomic E-state index is -1.19. The smallest absolute Gasteiger partial charge is 0.341 e. The second-order valence-corrected chi connectivity index (χ2v) is 10.3. The van der Waals surface area contributed by atoms with Crippen LogP contribution in [0.25, 0.3) is 11.1 Å². The summed E-state index contributed by atoms with van der Waals surface area (Å²) in [6, 6.07) is 7.89. The van der Waals surface area contributed by atoms with Crippen molar-refractivity contribution in [1.82, 2.24) is 4.57 Å². The van der Waals surface area contributed by atoms with Crippen LogP contribution in [-0.4, -0.2) is 21.4 Å². The van der Waals surface area contributed by atoms with Gasteiger partial charge in [0, 0.05) is 42.8 Å². The molecule has 1 atom stereocenters. The summed E-state index contributed by atoms with van der Waals surface area (Å²) in [7, 11) is 0.